The van der Waals surface area contributed by atoms with Gasteiger partial charge in [-0.3, -0.25) is 14.6 Å². The Bertz CT molecular complexity index is 1140. The van der Waals surface area contributed by atoms with Crippen molar-refractivity contribution < 1.29 is 9.59 Å². The Kier molecular flexibility index (Phi) is 6.94. The third-order valence-corrected chi connectivity index (χ3v) is 5.41. The minimum Gasteiger partial charge on any atom is -0.350 e. The third-order valence-electron chi connectivity index (χ3n) is 4.91. The molecule has 0 spiro atoms. The Morgan fingerprint density at radius 1 is 0.938 bits per heavy atom. The molecular weight excluding hydrogens is 422 g/mol. The van der Waals surface area contributed by atoms with Crippen LogP contribution in [0.2, 0.25) is 0 Å². The summed E-state index contributed by atoms with van der Waals surface area (Å²) in [5.41, 5.74) is 2.69. The van der Waals surface area contributed by atoms with E-state index in [9.17, 15) is 9.59 Å². The first-order valence-corrected chi connectivity index (χ1v) is 10.9. The molecule has 32 heavy (non-hydrogen) atoms. The molecule has 0 aliphatic heterocycles. The molecule has 0 fully saturated rings. The van der Waals surface area contributed by atoms with Gasteiger partial charge in [0.1, 0.15) is 6.04 Å². The van der Waals surface area contributed by atoms with Gasteiger partial charge in [-0.2, -0.15) is 0 Å². The molecule has 2 aromatic carbocycles. The summed E-state index contributed by atoms with van der Waals surface area (Å²) in [7, 11) is 0. The molecule has 0 aliphatic rings. The Morgan fingerprint density at radius 3 is 2.28 bits per heavy atom. The number of aromatic nitrogens is 3. The maximum absolute atomic E-state index is 13.5. The van der Waals surface area contributed by atoms with Gasteiger partial charge in [0.2, 0.25) is 5.91 Å². The summed E-state index contributed by atoms with van der Waals surface area (Å²) in [5, 5.41) is 8.49. The molecule has 0 radical (unpaired) electrons. The van der Waals surface area contributed by atoms with E-state index in [0.29, 0.717) is 12.1 Å². The second kappa shape index (κ2) is 10.4. The Labute approximate surface area is 189 Å². The number of nitrogens with zero attached hydrogens (tertiary/aromatic N) is 4. The number of pyridine rings is 1. The van der Waals surface area contributed by atoms with Crippen molar-refractivity contribution in [2.75, 3.05) is 0 Å². The lowest BCUT2D eigenvalue weighted by molar-refractivity contribution is -0.126. The van der Waals surface area contributed by atoms with Crippen molar-refractivity contribution in [1.82, 2.24) is 24.8 Å². The quantitative estimate of drug-likeness (QED) is 0.449. The maximum Gasteiger partial charge on any atom is 0.276 e. The lowest BCUT2D eigenvalue weighted by Crippen LogP contribution is -2.43. The Hall–Kier alpha value is -3.91. The monoisotopic (exact) mass is 443 g/mol. The van der Waals surface area contributed by atoms with Crippen LogP contribution in [0.1, 0.15) is 33.2 Å². The van der Waals surface area contributed by atoms with Crippen molar-refractivity contribution in [3.8, 4) is 0 Å². The second-order valence-electron chi connectivity index (χ2n) is 7.10. The zero-order chi connectivity index (χ0) is 22.2. The number of benzene rings is 2. The second-order valence-corrected chi connectivity index (χ2v) is 7.71. The van der Waals surface area contributed by atoms with E-state index in [0.717, 1.165) is 22.7 Å². The van der Waals surface area contributed by atoms with E-state index in [-0.39, 0.29) is 24.1 Å². The smallest absolute Gasteiger partial charge is 0.276 e. The molecule has 2 heterocycles. The highest BCUT2D eigenvalue weighted by atomic mass is 32.1. The standard InChI is InChI=1S/C24H21N5O2S/c30-23(26-14-18-8-3-1-4-9-18)22(20-12-7-13-25-15-20)29(16-19-10-5-2-6-11-19)24(31)21-17-32-28-27-21/h1-13,15,17,22H,14,16H2,(H,26,30)/t22-/m1/s1. The molecule has 8 heteroatoms. The highest BCUT2D eigenvalue weighted by Gasteiger charge is 2.33. The average molecular weight is 444 g/mol. The molecule has 0 aliphatic carbocycles. The van der Waals surface area contributed by atoms with Gasteiger partial charge in [-0.25, -0.2) is 0 Å². The molecule has 0 unspecified atom stereocenters. The summed E-state index contributed by atoms with van der Waals surface area (Å²) in [6.45, 7) is 0.581. The van der Waals surface area contributed by atoms with Gasteiger partial charge in [-0.05, 0) is 28.7 Å². The number of rotatable bonds is 8. The van der Waals surface area contributed by atoms with Crippen LogP contribution in [0.15, 0.2) is 90.6 Å². The van der Waals surface area contributed by atoms with Gasteiger partial charge in [-0.15, -0.1) is 5.10 Å². The number of carbonyl (C=O) groups excluding carboxylic acids is 2. The summed E-state index contributed by atoms with van der Waals surface area (Å²) in [6.07, 6.45) is 3.24. The summed E-state index contributed by atoms with van der Waals surface area (Å²) in [6, 6.07) is 21.8. The van der Waals surface area contributed by atoms with Crippen LogP contribution in [0.5, 0.6) is 0 Å². The van der Waals surface area contributed by atoms with Crippen molar-refractivity contribution >= 4 is 23.3 Å². The van der Waals surface area contributed by atoms with Crippen LogP contribution >= 0.6 is 11.5 Å². The van der Waals surface area contributed by atoms with Crippen molar-refractivity contribution in [2.45, 2.75) is 19.1 Å². The average Bonchev–Trinajstić information content (AvgIpc) is 3.39. The van der Waals surface area contributed by atoms with E-state index >= 15 is 0 Å². The van der Waals surface area contributed by atoms with Crippen LogP contribution in [0.25, 0.3) is 0 Å². The van der Waals surface area contributed by atoms with E-state index in [1.165, 1.54) is 4.90 Å². The van der Waals surface area contributed by atoms with Crippen molar-refractivity contribution in [3.63, 3.8) is 0 Å². The van der Waals surface area contributed by atoms with Gasteiger partial charge in [0, 0.05) is 36.4 Å². The predicted molar refractivity (Wildman–Crippen MR) is 121 cm³/mol. The molecule has 7 nitrogen and oxygen atoms in total. The Balaban J connectivity index is 1.68. The summed E-state index contributed by atoms with van der Waals surface area (Å²) in [4.78, 5) is 32.6. The molecule has 4 rings (SSSR count). The van der Waals surface area contributed by atoms with Crippen LogP contribution in [-0.2, 0) is 17.9 Å². The summed E-state index contributed by atoms with van der Waals surface area (Å²) in [5.74, 6) is -0.666. The molecule has 1 atom stereocenters. The number of nitrogens with one attached hydrogen (secondary N) is 1. The van der Waals surface area contributed by atoms with Crippen LogP contribution < -0.4 is 5.32 Å². The highest BCUT2D eigenvalue weighted by molar-refractivity contribution is 7.03. The third kappa shape index (κ3) is 5.22. The molecule has 1 N–H and O–H groups in total. The van der Waals surface area contributed by atoms with Crippen molar-refractivity contribution in [1.29, 1.82) is 0 Å². The van der Waals surface area contributed by atoms with Crippen LogP contribution in [0.4, 0.5) is 0 Å². The largest absolute Gasteiger partial charge is 0.350 e. The first-order valence-electron chi connectivity index (χ1n) is 10.1. The molecule has 0 bridgehead atoms. The Morgan fingerprint density at radius 2 is 1.66 bits per heavy atom. The molecule has 2 amide bonds. The van der Waals surface area contributed by atoms with Gasteiger partial charge >= 0.3 is 0 Å². The van der Waals surface area contributed by atoms with E-state index in [1.807, 2.05) is 60.7 Å². The number of hydrogen-bond acceptors (Lipinski definition) is 6. The van der Waals surface area contributed by atoms with Gasteiger partial charge < -0.3 is 10.2 Å². The number of hydrogen-bond donors (Lipinski definition) is 1. The van der Waals surface area contributed by atoms with Crippen LogP contribution in [0.3, 0.4) is 0 Å². The minimum absolute atomic E-state index is 0.204. The normalized spacial score (nSPS) is 11.5. The number of amides is 2. The molecule has 0 saturated heterocycles. The maximum atomic E-state index is 13.5. The van der Waals surface area contributed by atoms with E-state index in [2.05, 4.69) is 19.9 Å². The SMILES string of the molecule is O=C(NCc1ccccc1)[C@@H](c1cccnc1)N(Cc1ccccc1)C(=O)c1csnn1. The highest BCUT2D eigenvalue weighted by Crippen LogP contribution is 2.25. The fraction of sp³-hybridized carbons (Fsp3) is 0.125. The number of carbonyl (C=O) groups is 2. The predicted octanol–water partition coefficient (Wildman–Crippen LogP) is 3.63. The molecule has 2 aromatic heterocycles. The van der Waals surface area contributed by atoms with Crippen molar-refractivity contribution in [2.24, 2.45) is 0 Å². The summed E-state index contributed by atoms with van der Waals surface area (Å²) >= 11 is 1.09. The van der Waals surface area contributed by atoms with E-state index in [1.54, 1.807) is 29.9 Å². The minimum atomic E-state index is -0.887. The van der Waals surface area contributed by atoms with Gasteiger partial charge in [-0.1, -0.05) is 71.2 Å². The molecular formula is C24H21N5O2S. The molecule has 160 valence electrons. The zero-order valence-corrected chi connectivity index (χ0v) is 18.0. The van der Waals surface area contributed by atoms with Crippen molar-refractivity contribution in [3.05, 3.63) is 113 Å². The van der Waals surface area contributed by atoms with Gasteiger partial charge in [0.05, 0.1) is 0 Å². The lowest BCUT2D eigenvalue weighted by atomic mass is 10.0. The summed E-state index contributed by atoms with van der Waals surface area (Å²) < 4.78 is 3.82. The fourth-order valence-electron chi connectivity index (χ4n) is 3.36. The first kappa shape index (κ1) is 21.3. The lowest BCUT2D eigenvalue weighted by Gasteiger charge is -2.30. The van der Waals surface area contributed by atoms with Crippen LogP contribution in [-0.4, -0.2) is 31.3 Å². The zero-order valence-electron chi connectivity index (χ0n) is 17.2. The van der Waals surface area contributed by atoms with E-state index in [4.69, 9.17) is 0 Å². The topological polar surface area (TPSA) is 88.1 Å². The van der Waals surface area contributed by atoms with Gasteiger partial charge in [0.25, 0.3) is 5.91 Å². The first-order chi connectivity index (χ1) is 15.7. The molecule has 0 saturated carbocycles. The fourth-order valence-corrected chi connectivity index (χ4v) is 3.79. The van der Waals surface area contributed by atoms with Gasteiger partial charge in [0.15, 0.2) is 5.69 Å². The molecule has 4 aromatic rings. The van der Waals surface area contributed by atoms with E-state index < -0.39 is 6.04 Å². The van der Waals surface area contributed by atoms with Crippen LogP contribution in [0, 0.1) is 0 Å².